The van der Waals surface area contributed by atoms with Crippen molar-refractivity contribution in [1.82, 2.24) is 5.32 Å². The molecule has 0 radical (unpaired) electrons. The van der Waals surface area contributed by atoms with Gasteiger partial charge in [-0.2, -0.15) is 0 Å². The van der Waals surface area contributed by atoms with Crippen LogP contribution in [0.2, 0.25) is 0 Å². The van der Waals surface area contributed by atoms with Gasteiger partial charge in [0.05, 0.1) is 5.41 Å². The monoisotopic (exact) mass is 229 g/mol. The first-order valence-electron chi connectivity index (χ1n) is 6.15. The molecule has 0 aromatic heterocycles. The lowest BCUT2D eigenvalue weighted by Gasteiger charge is -2.34. The molecule has 0 bridgehead atoms. The van der Waals surface area contributed by atoms with Crippen molar-refractivity contribution in [2.45, 2.75) is 45.6 Å². The zero-order chi connectivity index (χ0) is 12.0. The van der Waals surface area contributed by atoms with E-state index in [1.165, 1.54) is 0 Å². The van der Waals surface area contributed by atoms with E-state index in [1.807, 2.05) is 0 Å². The second-order valence-electron chi connectivity index (χ2n) is 4.77. The normalized spacial score (nSPS) is 21.6. The molecule has 1 aliphatic rings. The minimum Gasteiger partial charge on any atom is -0.481 e. The Balaban J connectivity index is 2.47. The molecule has 1 atom stereocenters. The lowest BCUT2D eigenvalue weighted by Crippen LogP contribution is -2.47. The van der Waals surface area contributed by atoms with Gasteiger partial charge in [-0.3, -0.25) is 4.79 Å². The summed E-state index contributed by atoms with van der Waals surface area (Å²) in [7, 11) is 0. The topological polar surface area (TPSA) is 58.6 Å². The molecule has 0 saturated carbocycles. The van der Waals surface area contributed by atoms with E-state index in [0.717, 1.165) is 12.8 Å². The summed E-state index contributed by atoms with van der Waals surface area (Å²) in [5.41, 5.74) is -0.611. The van der Waals surface area contributed by atoms with Crippen molar-refractivity contribution in [3.05, 3.63) is 0 Å². The van der Waals surface area contributed by atoms with Crippen molar-refractivity contribution in [1.29, 1.82) is 0 Å². The maximum absolute atomic E-state index is 11.4. The fourth-order valence-electron chi connectivity index (χ4n) is 2.13. The zero-order valence-corrected chi connectivity index (χ0v) is 10.3. The molecule has 1 rings (SSSR count). The van der Waals surface area contributed by atoms with Gasteiger partial charge >= 0.3 is 5.97 Å². The number of nitrogens with one attached hydrogen (secondary N) is 1. The minimum atomic E-state index is -0.688. The Hall–Kier alpha value is -0.610. The molecule has 0 aliphatic carbocycles. The summed E-state index contributed by atoms with van der Waals surface area (Å²) in [4.78, 5) is 11.4. The van der Waals surface area contributed by atoms with Crippen molar-refractivity contribution in [3.8, 4) is 0 Å². The quantitative estimate of drug-likeness (QED) is 0.727. The lowest BCUT2D eigenvalue weighted by atomic mass is 9.80. The van der Waals surface area contributed by atoms with Gasteiger partial charge in [0.1, 0.15) is 0 Å². The molecule has 0 spiro atoms. The van der Waals surface area contributed by atoms with E-state index in [-0.39, 0.29) is 0 Å². The first-order chi connectivity index (χ1) is 7.60. The van der Waals surface area contributed by atoms with Crippen LogP contribution in [0.25, 0.3) is 0 Å². The predicted octanol–water partition coefficient (Wildman–Crippen LogP) is 1.65. The Bertz CT molecular complexity index is 224. The van der Waals surface area contributed by atoms with Gasteiger partial charge in [0, 0.05) is 25.8 Å². The van der Waals surface area contributed by atoms with Crippen LogP contribution in [0.4, 0.5) is 0 Å². The van der Waals surface area contributed by atoms with E-state index in [1.54, 1.807) is 0 Å². The van der Waals surface area contributed by atoms with Crippen LogP contribution in [0.1, 0.15) is 39.5 Å². The first kappa shape index (κ1) is 13.5. The molecule has 1 unspecified atom stereocenters. The molecule has 0 aromatic rings. The second-order valence-corrected chi connectivity index (χ2v) is 4.77. The van der Waals surface area contributed by atoms with Crippen LogP contribution < -0.4 is 5.32 Å². The molecule has 1 saturated heterocycles. The SMILES string of the molecule is CCCC(C)NCC1(C(=O)O)CCOCC1. The summed E-state index contributed by atoms with van der Waals surface area (Å²) in [5.74, 6) is -0.688. The Labute approximate surface area is 97.4 Å². The summed E-state index contributed by atoms with van der Waals surface area (Å²) >= 11 is 0. The fourth-order valence-corrected chi connectivity index (χ4v) is 2.13. The van der Waals surface area contributed by atoms with E-state index in [4.69, 9.17) is 4.74 Å². The van der Waals surface area contributed by atoms with Gasteiger partial charge in [0.15, 0.2) is 0 Å². The Morgan fingerprint density at radius 1 is 1.50 bits per heavy atom. The lowest BCUT2D eigenvalue weighted by molar-refractivity contribution is -0.154. The van der Waals surface area contributed by atoms with Gasteiger partial charge in [0.25, 0.3) is 0 Å². The number of carboxylic acids is 1. The summed E-state index contributed by atoms with van der Waals surface area (Å²) in [6.45, 7) is 5.94. The first-order valence-corrected chi connectivity index (χ1v) is 6.15. The molecule has 94 valence electrons. The summed E-state index contributed by atoms with van der Waals surface area (Å²) in [6.07, 6.45) is 3.45. The maximum Gasteiger partial charge on any atom is 0.311 e. The highest BCUT2D eigenvalue weighted by molar-refractivity contribution is 5.75. The average molecular weight is 229 g/mol. The van der Waals surface area contributed by atoms with E-state index in [9.17, 15) is 9.90 Å². The second kappa shape index (κ2) is 6.21. The van der Waals surface area contributed by atoms with E-state index in [0.29, 0.717) is 38.6 Å². The summed E-state index contributed by atoms with van der Waals surface area (Å²) in [6, 6.07) is 0.393. The smallest absolute Gasteiger partial charge is 0.311 e. The van der Waals surface area contributed by atoms with Crippen molar-refractivity contribution in [2.75, 3.05) is 19.8 Å². The zero-order valence-electron chi connectivity index (χ0n) is 10.3. The van der Waals surface area contributed by atoms with Crippen molar-refractivity contribution < 1.29 is 14.6 Å². The highest BCUT2D eigenvalue weighted by Crippen LogP contribution is 2.30. The molecule has 4 nitrogen and oxygen atoms in total. The molecule has 1 heterocycles. The fraction of sp³-hybridized carbons (Fsp3) is 0.917. The number of carboxylic acid groups (broad SMARTS) is 1. The minimum absolute atomic E-state index is 0.393. The van der Waals surface area contributed by atoms with Gasteiger partial charge in [0.2, 0.25) is 0 Å². The van der Waals surface area contributed by atoms with E-state index in [2.05, 4.69) is 19.2 Å². The van der Waals surface area contributed by atoms with Gasteiger partial charge < -0.3 is 15.2 Å². The third-order valence-corrected chi connectivity index (χ3v) is 3.41. The number of aliphatic carboxylic acids is 1. The van der Waals surface area contributed by atoms with Crippen molar-refractivity contribution >= 4 is 5.97 Å². The number of rotatable bonds is 6. The third-order valence-electron chi connectivity index (χ3n) is 3.41. The van der Waals surface area contributed by atoms with Crippen LogP contribution in [0.3, 0.4) is 0 Å². The maximum atomic E-state index is 11.4. The van der Waals surface area contributed by atoms with Crippen LogP contribution in [0, 0.1) is 5.41 Å². The van der Waals surface area contributed by atoms with E-state index >= 15 is 0 Å². The average Bonchev–Trinajstić information content (AvgIpc) is 2.28. The van der Waals surface area contributed by atoms with Gasteiger partial charge in [-0.25, -0.2) is 0 Å². The molecule has 2 N–H and O–H groups in total. The van der Waals surface area contributed by atoms with Crippen LogP contribution in [0.5, 0.6) is 0 Å². The van der Waals surface area contributed by atoms with Gasteiger partial charge in [-0.1, -0.05) is 13.3 Å². The third kappa shape index (κ3) is 3.46. The van der Waals surface area contributed by atoms with Crippen LogP contribution in [-0.2, 0) is 9.53 Å². The molecule has 1 aliphatic heterocycles. The molecule has 4 heteroatoms. The number of hydrogen-bond acceptors (Lipinski definition) is 3. The van der Waals surface area contributed by atoms with Gasteiger partial charge in [-0.05, 0) is 26.2 Å². The summed E-state index contributed by atoms with van der Waals surface area (Å²) in [5, 5.41) is 12.7. The van der Waals surface area contributed by atoms with Crippen molar-refractivity contribution in [2.24, 2.45) is 5.41 Å². The summed E-state index contributed by atoms with van der Waals surface area (Å²) < 4.78 is 5.24. The van der Waals surface area contributed by atoms with Crippen LogP contribution >= 0.6 is 0 Å². The number of carbonyl (C=O) groups is 1. The molecule has 0 amide bonds. The molecular formula is C12H23NO3. The number of hydrogen-bond donors (Lipinski definition) is 2. The standard InChI is InChI=1S/C12H23NO3/c1-3-4-10(2)13-9-12(11(14)15)5-7-16-8-6-12/h10,13H,3-9H2,1-2H3,(H,14,15). The molecule has 16 heavy (non-hydrogen) atoms. The Kier molecular flexibility index (Phi) is 5.22. The largest absolute Gasteiger partial charge is 0.481 e. The molecule has 1 fully saturated rings. The number of ether oxygens (including phenoxy) is 1. The highest BCUT2D eigenvalue weighted by Gasteiger charge is 2.39. The Morgan fingerprint density at radius 3 is 2.62 bits per heavy atom. The van der Waals surface area contributed by atoms with Gasteiger partial charge in [-0.15, -0.1) is 0 Å². The van der Waals surface area contributed by atoms with Crippen LogP contribution in [0.15, 0.2) is 0 Å². The van der Waals surface area contributed by atoms with E-state index < -0.39 is 11.4 Å². The molecular weight excluding hydrogens is 206 g/mol. The molecule has 0 aromatic carbocycles. The highest BCUT2D eigenvalue weighted by atomic mass is 16.5. The Morgan fingerprint density at radius 2 is 2.12 bits per heavy atom. The van der Waals surface area contributed by atoms with Crippen molar-refractivity contribution in [3.63, 3.8) is 0 Å². The van der Waals surface area contributed by atoms with Crippen LogP contribution in [-0.4, -0.2) is 36.9 Å². The predicted molar refractivity (Wildman–Crippen MR) is 62.5 cm³/mol.